The number of rotatable bonds is 8. The lowest BCUT2D eigenvalue weighted by molar-refractivity contribution is -0.121. The third-order valence-corrected chi connectivity index (χ3v) is 4.92. The Labute approximate surface area is 181 Å². The number of nitrogens with two attached hydrogens (primary N) is 1. The molecule has 0 spiro atoms. The van der Waals surface area contributed by atoms with Crippen LogP contribution in [-0.4, -0.2) is 32.5 Å². The Balaban J connectivity index is 0.00000196. The molecule has 3 N–H and O–H groups in total. The van der Waals surface area contributed by atoms with E-state index < -0.39 is 0 Å². The second-order valence-electron chi connectivity index (χ2n) is 6.09. The molecule has 6 nitrogen and oxygen atoms in total. The number of nitrogens with zero attached hydrogens (tertiary/aromatic N) is 3. The van der Waals surface area contributed by atoms with Crippen LogP contribution < -0.4 is 11.1 Å². The summed E-state index contributed by atoms with van der Waals surface area (Å²) in [6.45, 7) is 0. The SMILES string of the molecule is CSCCC(NC(=O)CCc1ccccc1N)c1nnc2ccccn12.Cl.Cl. The summed E-state index contributed by atoms with van der Waals surface area (Å²) in [4.78, 5) is 12.5. The van der Waals surface area contributed by atoms with E-state index in [1.807, 2.05) is 53.1 Å². The highest BCUT2D eigenvalue weighted by Crippen LogP contribution is 2.19. The van der Waals surface area contributed by atoms with Gasteiger partial charge in [0.1, 0.15) is 0 Å². The van der Waals surface area contributed by atoms with Crippen LogP contribution in [0.15, 0.2) is 48.7 Å². The number of aryl methyl sites for hydroxylation is 1. The molecule has 2 aromatic heterocycles. The van der Waals surface area contributed by atoms with Gasteiger partial charge < -0.3 is 11.1 Å². The van der Waals surface area contributed by atoms with Gasteiger partial charge >= 0.3 is 0 Å². The van der Waals surface area contributed by atoms with E-state index in [9.17, 15) is 4.79 Å². The number of hydrogen-bond acceptors (Lipinski definition) is 5. The van der Waals surface area contributed by atoms with E-state index in [1.54, 1.807) is 11.8 Å². The van der Waals surface area contributed by atoms with Crippen LogP contribution in [0.25, 0.3) is 5.65 Å². The zero-order valence-corrected chi connectivity index (χ0v) is 18.0. The minimum Gasteiger partial charge on any atom is -0.399 e. The van der Waals surface area contributed by atoms with Crippen molar-refractivity contribution in [3.8, 4) is 0 Å². The van der Waals surface area contributed by atoms with E-state index in [-0.39, 0.29) is 36.8 Å². The maximum atomic E-state index is 12.5. The van der Waals surface area contributed by atoms with Crippen molar-refractivity contribution in [2.45, 2.75) is 25.3 Å². The molecule has 0 bridgehead atoms. The predicted molar refractivity (Wildman–Crippen MR) is 121 cm³/mol. The van der Waals surface area contributed by atoms with E-state index in [4.69, 9.17) is 5.73 Å². The van der Waals surface area contributed by atoms with Gasteiger partial charge in [0.15, 0.2) is 11.5 Å². The van der Waals surface area contributed by atoms with Crippen LogP contribution in [-0.2, 0) is 11.2 Å². The molecule has 1 aromatic carbocycles. The van der Waals surface area contributed by atoms with Gasteiger partial charge in [0, 0.05) is 18.3 Å². The van der Waals surface area contributed by atoms with Crippen molar-refractivity contribution in [1.29, 1.82) is 0 Å². The number of thioether (sulfide) groups is 1. The Hall–Kier alpha value is -1.96. The molecule has 9 heteroatoms. The number of benzene rings is 1. The van der Waals surface area contributed by atoms with Gasteiger partial charge in [-0.2, -0.15) is 11.8 Å². The van der Waals surface area contributed by atoms with E-state index in [0.29, 0.717) is 12.8 Å². The first-order chi connectivity index (χ1) is 12.7. The van der Waals surface area contributed by atoms with Crippen LogP contribution in [0.1, 0.15) is 30.3 Å². The van der Waals surface area contributed by atoms with E-state index in [2.05, 4.69) is 21.8 Å². The minimum absolute atomic E-state index is 0. The second kappa shape index (κ2) is 11.8. The molecule has 0 aliphatic rings. The number of anilines is 1. The topological polar surface area (TPSA) is 85.3 Å². The largest absolute Gasteiger partial charge is 0.399 e. The van der Waals surface area contributed by atoms with Crippen molar-refractivity contribution < 1.29 is 4.79 Å². The monoisotopic (exact) mass is 441 g/mol. The summed E-state index contributed by atoms with van der Waals surface area (Å²) < 4.78 is 1.93. The summed E-state index contributed by atoms with van der Waals surface area (Å²) in [7, 11) is 0. The first kappa shape index (κ1) is 24.1. The zero-order chi connectivity index (χ0) is 18.4. The standard InChI is InChI=1S/C19H23N5OS.2ClH/c1-26-13-11-16(19-23-22-17-8-4-5-12-24(17)19)21-18(25)10-9-14-6-2-3-7-15(14)20;;/h2-8,12,16H,9-11,13,20H2,1H3,(H,21,25);2*1H. The predicted octanol–water partition coefficient (Wildman–Crippen LogP) is 3.70. The quantitative estimate of drug-likeness (QED) is 0.520. The highest BCUT2D eigenvalue weighted by molar-refractivity contribution is 7.98. The summed E-state index contributed by atoms with van der Waals surface area (Å²) in [6, 6.07) is 13.2. The highest BCUT2D eigenvalue weighted by atomic mass is 35.5. The Morgan fingerprint density at radius 2 is 1.93 bits per heavy atom. The first-order valence-electron chi connectivity index (χ1n) is 8.60. The van der Waals surface area contributed by atoms with Crippen molar-refractivity contribution in [3.63, 3.8) is 0 Å². The van der Waals surface area contributed by atoms with Gasteiger partial charge in [-0.1, -0.05) is 24.3 Å². The maximum absolute atomic E-state index is 12.5. The molecule has 3 aromatic rings. The normalized spacial score (nSPS) is 11.3. The number of carbonyl (C=O) groups excluding carboxylic acids is 1. The molecule has 0 saturated heterocycles. The number of nitrogen functional groups attached to an aromatic ring is 1. The lowest BCUT2D eigenvalue weighted by atomic mass is 10.1. The molecular weight excluding hydrogens is 417 g/mol. The number of carbonyl (C=O) groups is 1. The summed E-state index contributed by atoms with van der Waals surface area (Å²) in [5, 5.41) is 11.6. The number of nitrogens with one attached hydrogen (secondary N) is 1. The number of fused-ring (bicyclic) bond motifs is 1. The Bertz CT molecular complexity index is 889. The molecule has 1 amide bonds. The molecule has 0 fully saturated rings. The molecule has 28 heavy (non-hydrogen) atoms. The van der Waals surface area contributed by atoms with Crippen LogP contribution >= 0.6 is 36.6 Å². The van der Waals surface area contributed by atoms with E-state index >= 15 is 0 Å². The van der Waals surface area contributed by atoms with Gasteiger partial charge in [-0.15, -0.1) is 35.0 Å². The number of pyridine rings is 1. The molecule has 152 valence electrons. The molecule has 0 radical (unpaired) electrons. The van der Waals surface area contributed by atoms with Crippen LogP contribution in [0.5, 0.6) is 0 Å². The minimum atomic E-state index is -0.166. The van der Waals surface area contributed by atoms with Crippen LogP contribution in [0.4, 0.5) is 5.69 Å². The maximum Gasteiger partial charge on any atom is 0.220 e. The fraction of sp³-hybridized carbons (Fsp3) is 0.316. The lowest BCUT2D eigenvalue weighted by Gasteiger charge is -2.17. The Kier molecular flexibility index (Phi) is 10.1. The molecule has 2 heterocycles. The fourth-order valence-corrected chi connectivity index (χ4v) is 3.35. The molecule has 3 rings (SSSR count). The van der Waals surface area contributed by atoms with Gasteiger partial charge in [-0.25, -0.2) is 0 Å². The fourth-order valence-electron chi connectivity index (χ4n) is 2.88. The smallest absolute Gasteiger partial charge is 0.220 e. The van der Waals surface area contributed by atoms with Gasteiger partial charge in [-0.3, -0.25) is 9.20 Å². The second-order valence-corrected chi connectivity index (χ2v) is 7.07. The van der Waals surface area contributed by atoms with Crippen molar-refractivity contribution in [2.24, 2.45) is 0 Å². The Morgan fingerprint density at radius 3 is 2.68 bits per heavy atom. The third-order valence-electron chi connectivity index (χ3n) is 4.27. The van der Waals surface area contributed by atoms with E-state index in [0.717, 1.165) is 34.9 Å². The number of para-hydroxylation sites is 1. The van der Waals surface area contributed by atoms with Crippen molar-refractivity contribution >= 4 is 53.8 Å². The number of halogens is 2. The highest BCUT2D eigenvalue weighted by Gasteiger charge is 2.20. The number of aromatic nitrogens is 3. The summed E-state index contributed by atoms with van der Waals surface area (Å²) in [5.41, 5.74) is 8.46. The van der Waals surface area contributed by atoms with Crippen LogP contribution in [0, 0.1) is 0 Å². The molecule has 0 aliphatic carbocycles. The summed E-state index contributed by atoms with van der Waals surface area (Å²) >= 11 is 1.75. The zero-order valence-electron chi connectivity index (χ0n) is 15.6. The molecule has 0 aliphatic heterocycles. The summed E-state index contributed by atoms with van der Waals surface area (Å²) in [5.74, 6) is 1.69. The molecule has 0 saturated carbocycles. The summed E-state index contributed by atoms with van der Waals surface area (Å²) in [6.07, 6.45) is 5.79. The molecule has 1 unspecified atom stereocenters. The van der Waals surface area contributed by atoms with Crippen molar-refractivity contribution in [2.75, 3.05) is 17.7 Å². The third kappa shape index (κ3) is 6.02. The first-order valence-corrected chi connectivity index (χ1v) is 9.99. The van der Waals surface area contributed by atoms with Crippen molar-refractivity contribution in [3.05, 3.63) is 60.0 Å². The van der Waals surface area contributed by atoms with Crippen molar-refractivity contribution in [1.82, 2.24) is 19.9 Å². The van der Waals surface area contributed by atoms with Gasteiger partial charge in [0.2, 0.25) is 5.91 Å². The lowest BCUT2D eigenvalue weighted by Crippen LogP contribution is -2.30. The number of amides is 1. The van der Waals surface area contributed by atoms with Gasteiger partial charge in [-0.05, 0) is 48.6 Å². The van der Waals surface area contributed by atoms with Gasteiger partial charge in [0.05, 0.1) is 6.04 Å². The van der Waals surface area contributed by atoms with Crippen LogP contribution in [0.3, 0.4) is 0 Å². The average Bonchev–Trinajstić information content (AvgIpc) is 3.08. The molecular formula is C19H25Cl2N5OS. The average molecular weight is 442 g/mol. The molecule has 1 atom stereocenters. The Morgan fingerprint density at radius 1 is 1.18 bits per heavy atom. The van der Waals surface area contributed by atoms with E-state index in [1.165, 1.54) is 0 Å². The number of hydrogen-bond donors (Lipinski definition) is 2. The van der Waals surface area contributed by atoms with Crippen LogP contribution in [0.2, 0.25) is 0 Å². The van der Waals surface area contributed by atoms with Gasteiger partial charge in [0.25, 0.3) is 0 Å².